The van der Waals surface area contributed by atoms with Gasteiger partial charge in [-0.3, -0.25) is 4.99 Å². The predicted molar refractivity (Wildman–Crippen MR) is 97.9 cm³/mol. The van der Waals surface area contributed by atoms with E-state index in [4.69, 9.17) is 11.6 Å². The maximum Gasteiger partial charge on any atom is 0.191 e. The first-order valence-electron chi connectivity index (χ1n) is 7.52. The van der Waals surface area contributed by atoms with Gasteiger partial charge >= 0.3 is 0 Å². The van der Waals surface area contributed by atoms with E-state index in [2.05, 4.69) is 15.6 Å². The highest BCUT2D eigenvalue weighted by Crippen LogP contribution is 2.17. The van der Waals surface area contributed by atoms with Crippen LogP contribution in [0, 0.1) is 0 Å². The monoisotopic (exact) mass is 359 g/mol. The fourth-order valence-corrected chi connectivity index (χ4v) is 3.05. The molecule has 0 aliphatic heterocycles. The minimum atomic E-state index is -3.15. The summed E-state index contributed by atoms with van der Waals surface area (Å²) in [6, 6.07) is 7.57. The van der Waals surface area contributed by atoms with Crippen molar-refractivity contribution >= 4 is 27.4 Å². The molecule has 0 aliphatic carbocycles. The second-order valence-corrected chi connectivity index (χ2v) is 9.65. The van der Waals surface area contributed by atoms with Crippen LogP contribution in [0.4, 0.5) is 0 Å². The minimum Gasteiger partial charge on any atom is -0.355 e. The SMILES string of the molecule is CN=C(NCCS(=O)(=O)C(C)(C)C)NC(C)c1cccc(Cl)c1. The molecule has 1 aromatic carbocycles. The van der Waals surface area contributed by atoms with E-state index >= 15 is 0 Å². The molecule has 1 unspecified atom stereocenters. The van der Waals surface area contributed by atoms with Gasteiger partial charge in [-0.2, -0.15) is 0 Å². The summed E-state index contributed by atoms with van der Waals surface area (Å²) in [4.78, 5) is 4.12. The number of nitrogens with one attached hydrogen (secondary N) is 2. The van der Waals surface area contributed by atoms with Gasteiger partial charge in [0.2, 0.25) is 0 Å². The van der Waals surface area contributed by atoms with Crippen molar-refractivity contribution < 1.29 is 8.42 Å². The summed E-state index contributed by atoms with van der Waals surface area (Å²) in [7, 11) is -1.50. The van der Waals surface area contributed by atoms with E-state index in [1.165, 1.54) is 0 Å². The van der Waals surface area contributed by atoms with Crippen LogP contribution < -0.4 is 10.6 Å². The zero-order chi connectivity index (χ0) is 17.7. The van der Waals surface area contributed by atoms with Gasteiger partial charge in [-0.15, -0.1) is 0 Å². The van der Waals surface area contributed by atoms with Gasteiger partial charge < -0.3 is 10.6 Å². The highest BCUT2D eigenvalue weighted by Gasteiger charge is 2.28. The lowest BCUT2D eigenvalue weighted by Gasteiger charge is -2.21. The van der Waals surface area contributed by atoms with Gasteiger partial charge in [0.05, 0.1) is 16.5 Å². The fourth-order valence-electron chi connectivity index (χ4n) is 1.87. The number of aliphatic imine (C=N–C) groups is 1. The van der Waals surface area contributed by atoms with Gasteiger partial charge in [-0.05, 0) is 45.4 Å². The molecular weight excluding hydrogens is 334 g/mol. The molecule has 0 heterocycles. The minimum absolute atomic E-state index is 0.000812. The van der Waals surface area contributed by atoms with Crippen molar-refractivity contribution in [3.05, 3.63) is 34.9 Å². The Morgan fingerprint density at radius 3 is 2.52 bits per heavy atom. The Morgan fingerprint density at radius 1 is 1.35 bits per heavy atom. The van der Waals surface area contributed by atoms with Crippen LogP contribution in [-0.2, 0) is 9.84 Å². The zero-order valence-electron chi connectivity index (χ0n) is 14.4. The van der Waals surface area contributed by atoms with Crippen molar-refractivity contribution in [1.29, 1.82) is 0 Å². The summed E-state index contributed by atoms with van der Waals surface area (Å²) in [6.45, 7) is 7.41. The molecule has 0 saturated carbocycles. The van der Waals surface area contributed by atoms with E-state index < -0.39 is 14.6 Å². The Kier molecular flexibility index (Phi) is 6.89. The quantitative estimate of drug-likeness (QED) is 0.626. The maximum absolute atomic E-state index is 12.1. The summed E-state index contributed by atoms with van der Waals surface area (Å²) >= 11 is 6.00. The van der Waals surface area contributed by atoms with E-state index in [0.29, 0.717) is 17.5 Å². The third kappa shape index (κ3) is 6.03. The van der Waals surface area contributed by atoms with Gasteiger partial charge in [-0.1, -0.05) is 23.7 Å². The number of nitrogens with zero attached hydrogens (tertiary/aromatic N) is 1. The largest absolute Gasteiger partial charge is 0.355 e. The van der Waals surface area contributed by atoms with Crippen molar-refractivity contribution in [1.82, 2.24) is 10.6 Å². The van der Waals surface area contributed by atoms with Crippen LogP contribution in [0.3, 0.4) is 0 Å². The molecule has 23 heavy (non-hydrogen) atoms. The van der Waals surface area contributed by atoms with Crippen LogP contribution in [-0.4, -0.2) is 38.5 Å². The van der Waals surface area contributed by atoms with E-state index in [1.54, 1.807) is 27.8 Å². The third-order valence-corrected chi connectivity index (χ3v) is 6.36. The molecule has 0 aliphatic rings. The van der Waals surface area contributed by atoms with Crippen molar-refractivity contribution in [3.63, 3.8) is 0 Å². The Morgan fingerprint density at radius 2 is 2.00 bits per heavy atom. The van der Waals surface area contributed by atoms with Crippen molar-refractivity contribution in [2.24, 2.45) is 4.99 Å². The molecule has 7 heteroatoms. The number of rotatable bonds is 5. The lowest BCUT2D eigenvalue weighted by molar-refractivity contribution is 0.558. The highest BCUT2D eigenvalue weighted by molar-refractivity contribution is 7.92. The maximum atomic E-state index is 12.1. The van der Waals surface area contributed by atoms with Crippen LogP contribution in [0.2, 0.25) is 5.02 Å². The Bertz CT molecular complexity index is 652. The van der Waals surface area contributed by atoms with E-state index in [1.807, 2.05) is 31.2 Å². The van der Waals surface area contributed by atoms with Gasteiger partial charge in [0.25, 0.3) is 0 Å². The van der Waals surface area contributed by atoms with Crippen LogP contribution in [0.5, 0.6) is 0 Å². The molecule has 0 bridgehead atoms. The topological polar surface area (TPSA) is 70.6 Å². The van der Waals surface area contributed by atoms with Crippen LogP contribution in [0.1, 0.15) is 39.3 Å². The fraction of sp³-hybridized carbons (Fsp3) is 0.562. The third-order valence-electron chi connectivity index (χ3n) is 3.52. The molecular formula is C16H26ClN3O2S. The van der Waals surface area contributed by atoms with Crippen LogP contribution >= 0.6 is 11.6 Å². The van der Waals surface area contributed by atoms with Gasteiger partial charge in [-0.25, -0.2) is 8.42 Å². The van der Waals surface area contributed by atoms with Crippen LogP contribution in [0.25, 0.3) is 0 Å². The first-order valence-corrected chi connectivity index (χ1v) is 9.55. The molecule has 2 N–H and O–H groups in total. The Balaban J connectivity index is 2.59. The van der Waals surface area contributed by atoms with Gasteiger partial charge in [0.1, 0.15) is 0 Å². The molecule has 1 aromatic rings. The van der Waals surface area contributed by atoms with Crippen molar-refractivity contribution in [2.75, 3.05) is 19.3 Å². The Labute approximate surface area is 144 Å². The summed E-state index contributed by atoms with van der Waals surface area (Å²) in [6.07, 6.45) is 0. The molecule has 0 radical (unpaired) electrons. The number of halogens is 1. The number of hydrogen-bond acceptors (Lipinski definition) is 3. The molecule has 5 nitrogen and oxygen atoms in total. The van der Waals surface area contributed by atoms with Gasteiger partial charge in [0.15, 0.2) is 15.8 Å². The lowest BCUT2D eigenvalue weighted by Crippen LogP contribution is -2.42. The summed E-state index contributed by atoms with van der Waals surface area (Å²) in [5, 5.41) is 6.94. The molecule has 130 valence electrons. The van der Waals surface area contributed by atoms with Crippen LogP contribution in [0.15, 0.2) is 29.3 Å². The normalized spacial score (nSPS) is 14.4. The predicted octanol–water partition coefficient (Wildman–Crippen LogP) is 2.78. The second-order valence-electron chi connectivity index (χ2n) is 6.35. The number of hydrogen-bond donors (Lipinski definition) is 2. The second kappa shape index (κ2) is 8.02. The average molecular weight is 360 g/mol. The average Bonchev–Trinajstić information content (AvgIpc) is 2.44. The van der Waals surface area contributed by atoms with Crippen molar-refractivity contribution in [3.8, 4) is 0 Å². The highest BCUT2D eigenvalue weighted by atomic mass is 35.5. The summed E-state index contributed by atoms with van der Waals surface area (Å²) in [5.74, 6) is 0.615. The summed E-state index contributed by atoms with van der Waals surface area (Å²) < 4.78 is 23.4. The van der Waals surface area contributed by atoms with E-state index in [0.717, 1.165) is 5.56 Å². The molecule has 0 spiro atoms. The first-order chi connectivity index (χ1) is 10.6. The Hall–Kier alpha value is -1.27. The molecule has 0 amide bonds. The van der Waals surface area contributed by atoms with Crippen molar-refractivity contribution in [2.45, 2.75) is 38.5 Å². The molecule has 1 rings (SSSR count). The molecule has 0 aromatic heterocycles. The first kappa shape index (κ1) is 19.8. The smallest absolute Gasteiger partial charge is 0.191 e. The zero-order valence-corrected chi connectivity index (χ0v) is 15.9. The molecule has 0 saturated heterocycles. The lowest BCUT2D eigenvalue weighted by atomic mass is 10.1. The van der Waals surface area contributed by atoms with E-state index in [-0.39, 0.29) is 11.8 Å². The summed E-state index contributed by atoms with van der Waals surface area (Å²) in [5.41, 5.74) is 1.03. The molecule has 0 fully saturated rings. The number of sulfone groups is 1. The number of benzene rings is 1. The van der Waals surface area contributed by atoms with Gasteiger partial charge in [0, 0.05) is 18.6 Å². The number of guanidine groups is 1. The van der Waals surface area contributed by atoms with E-state index in [9.17, 15) is 8.42 Å². The standard InChI is InChI=1S/C16H26ClN3O2S/c1-12(13-7-6-8-14(17)11-13)20-15(18-5)19-9-10-23(21,22)16(2,3)4/h6-8,11-12H,9-10H2,1-5H3,(H2,18,19,20). The molecule has 1 atom stereocenters.